The molecule has 2 aromatic rings. The largest absolute Gasteiger partial charge is 0.374 e. The van der Waals surface area contributed by atoms with Gasteiger partial charge in [0.15, 0.2) is 0 Å². The summed E-state index contributed by atoms with van der Waals surface area (Å²) in [5.74, 6) is -0.745. The molecular formula is C22H33N3O5. The van der Waals surface area contributed by atoms with E-state index in [-0.39, 0.29) is 24.6 Å². The van der Waals surface area contributed by atoms with Crippen molar-refractivity contribution in [3.63, 3.8) is 0 Å². The van der Waals surface area contributed by atoms with Crippen LogP contribution in [0.25, 0.3) is 11.0 Å². The van der Waals surface area contributed by atoms with Crippen molar-refractivity contribution in [3.8, 4) is 0 Å². The maximum atomic E-state index is 12.7. The Morgan fingerprint density at radius 2 is 1.83 bits per heavy atom. The lowest BCUT2D eigenvalue weighted by atomic mass is 10.1. The highest BCUT2D eigenvalue weighted by Gasteiger charge is 2.31. The second-order valence-corrected chi connectivity index (χ2v) is 6.35. The molecular weight excluding hydrogens is 386 g/mol. The molecule has 166 valence electrons. The molecule has 1 aliphatic rings. The minimum absolute atomic E-state index is 0.0995. The number of aldehydes is 1. The molecule has 2 amide bonds. The van der Waals surface area contributed by atoms with E-state index in [1.54, 1.807) is 7.05 Å². The highest BCUT2D eigenvalue weighted by Crippen LogP contribution is 2.24. The zero-order chi connectivity index (χ0) is 22.7. The first-order chi connectivity index (χ1) is 14.5. The van der Waals surface area contributed by atoms with Crippen LogP contribution in [0.1, 0.15) is 58.6 Å². The number of carbonyl (C=O) groups excluding carboxylic acids is 3. The van der Waals surface area contributed by atoms with E-state index in [2.05, 4.69) is 5.32 Å². The predicted octanol–water partition coefficient (Wildman–Crippen LogP) is 2.52. The summed E-state index contributed by atoms with van der Waals surface area (Å²) in [6.07, 6.45) is 2.78. The molecule has 8 nitrogen and oxygen atoms in total. The summed E-state index contributed by atoms with van der Waals surface area (Å²) >= 11 is 0. The molecule has 1 saturated heterocycles. The second kappa shape index (κ2) is 12.7. The third-order valence-corrected chi connectivity index (χ3v) is 4.62. The summed E-state index contributed by atoms with van der Waals surface area (Å²) < 4.78 is 8.13. The average Bonchev–Trinajstić information content (AvgIpc) is 3.01. The summed E-state index contributed by atoms with van der Waals surface area (Å²) in [5, 5.41) is 2.30. The number of carbonyl (C=O) groups is 3. The quantitative estimate of drug-likeness (QED) is 0.422. The molecule has 30 heavy (non-hydrogen) atoms. The number of fused-ring (bicyclic) bond motifs is 1. The fraction of sp³-hybridized carbons (Fsp3) is 0.545. The molecule has 0 bridgehead atoms. The maximum absolute atomic E-state index is 12.7. The van der Waals surface area contributed by atoms with Gasteiger partial charge < -0.3 is 9.53 Å². The van der Waals surface area contributed by atoms with Gasteiger partial charge in [0.2, 0.25) is 11.8 Å². The van der Waals surface area contributed by atoms with Gasteiger partial charge in [-0.1, -0.05) is 33.8 Å². The minimum atomic E-state index is -0.675. The molecule has 1 aliphatic heterocycles. The van der Waals surface area contributed by atoms with Crippen molar-refractivity contribution >= 4 is 29.1 Å². The molecule has 1 unspecified atom stereocenters. The number of rotatable bonds is 7. The van der Waals surface area contributed by atoms with Gasteiger partial charge in [-0.2, -0.15) is 0 Å². The molecule has 0 radical (unpaired) electrons. The van der Waals surface area contributed by atoms with Crippen LogP contribution in [0.4, 0.5) is 0 Å². The topological polar surface area (TPSA) is 99.4 Å². The van der Waals surface area contributed by atoms with Gasteiger partial charge in [0, 0.05) is 20.1 Å². The zero-order valence-electron chi connectivity index (χ0n) is 18.6. The summed E-state index contributed by atoms with van der Waals surface area (Å²) in [6, 6.07) is 5.01. The molecule has 1 aromatic heterocycles. The number of imide groups is 1. The Kier molecular flexibility index (Phi) is 10.7. The first-order valence-electron chi connectivity index (χ1n) is 10.6. The van der Waals surface area contributed by atoms with Crippen molar-refractivity contribution in [1.82, 2.24) is 14.5 Å². The Morgan fingerprint density at radius 3 is 2.47 bits per heavy atom. The Balaban J connectivity index is 0.00000106. The number of aromatic nitrogens is 2. The van der Waals surface area contributed by atoms with Gasteiger partial charge in [0.05, 0.1) is 11.0 Å². The van der Waals surface area contributed by atoms with Gasteiger partial charge in [-0.3, -0.25) is 24.0 Å². The smallest absolute Gasteiger partial charge is 0.329 e. The fourth-order valence-corrected chi connectivity index (χ4v) is 3.30. The highest BCUT2D eigenvalue weighted by atomic mass is 16.5. The van der Waals surface area contributed by atoms with Crippen LogP contribution < -0.4 is 11.0 Å². The van der Waals surface area contributed by atoms with Crippen LogP contribution in [0.5, 0.6) is 0 Å². The normalized spacial score (nSPS) is 15.6. The number of benzene rings is 1. The number of hydrogen-bond acceptors (Lipinski definition) is 5. The van der Waals surface area contributed by atoms with Crippen LogP contribution in [-0.2, 0) is 32.6 Å². The Morgan fingerprint density at radius 1 is 1.13 bits per heavy atom. The molecule has 0 spiro atoms. The average molecular weight is 420 g/mol. The van der Waals surface area contributed by atoms with Crippen LogP contribution in [0.15, 0.2) is 23.0 Å². The van der Waals surface area contributed by atoms with E-state index in [9.17, 15) is 19.2 Å². The van der Waals surface area contributed by atoms with Gasteiger partial charge in [-0.15, -0.1) is 0 Å². The third kappa shape index (κ3) is 5.89. The van der Waals surface area contributed by atoms with E-state index in [4.69, 9.17) is 4.74 Å². The van der Waals surface area contributed by atoms with Crippen molar-refractivity contribution in [3.05, 3.63) is 34.2 Å². The minimum Gasteiger partial charge on any atom is -0.374 e. The molecule has 1 fully saturated rings. The van der Waals surface area contributed by atoms with E-state index in [0.717, 1.165) is 30.2 Å². The highest BCUT2D eigenvalue weighted by molar-refractivity contribution is 6.00. The molecule has 1 N–H and O–H groups in total. The Bertz CT molecular complexity index is 913. The van der Waals surface area contributed by atoms with Crippen LogP contribution >= 0.6 is 0 Å². The summed E-state index contributed by atoms with van der Waals surface area (Å²) in [6.45, 7) is 8.59. The van der Waals surface area contributed by atoms with Crippen molar-refractivity contribution in [2.75, 3.05) is 13.2 Å². The third-order valence-electron chi connectivity index (χ3n) is 4.62. The van der Waals surface area contributed by atoms with Crippen LogP contribution in [0.2, 0.25) is 0 Å². The van der Waals surface area contributed by atoms with Gasteiger partial charge in [0.25, 0.3) is 0 Å². The predicted molar refractivity (Wildman–Crippen MR) is 116 cm³/mol. The number of aryl methyl sites for hydroxylation is 2. The Labute approximate surface area is 177 Å². The van der Waals surface area contributed by atoms with Gasteiger partial charge >= 0.3 is 5.69 Å². The molecule has 0 aliphatic carbocycles. The first kappa shape index (κ1) is 25.3. The lowest BCUT2D eigenvalue weighted by molar-refractivity contribution is -0.135. The van der Waals surface area contributed by atoms with E-state index < -0.39 is 11.9 Å². The van der Waals surface area contributed by atoms with Crippen LogP contribution in [-0.4, -0.2) is 40.4 Å². The van der Waals surface area contributed by atoms with Gasteiger partial charge in [-0.05, 0) is 37.0 Å². The lowest BCUT2D eigenvalue weighted by Crippen LogP contribution is -2.44. The lowest BCUT2D eigenvalue weighted by Gasteiger charge is -2.21. The number of piperidine rings is 1. The van der Waals surface area contributed by atoms with Gasteiger partial charge in [-0.25, -0.2) is 4.79 Å². The second-order valence-electron chi connectivity index (χ2n) is 6.35. The number of hydrogen-bond donors (Lipinski definition) is 1. The van der Waals surface area contributed by atoms with E-state index >= 15 is 0 Å². The van der Waals surface area contributed by atoms with Crippen molar-refractivity contribution in [2.24, 2.45) is 7.05 Å². The maximum Gasteiger partial charge on any atom is 0.329 e. The van der Waals surface area contributed by atoms with E-state index in [1.807, 2.05) is 45.9 Å². The van der Waals surface area contributed by atoms with Crippen LogP contribution in [0, 0.1) is 0 Å². The number of amides is 2. The SMILES string of the molecule is CC.CC.Cn1c(=O)n(C2CCC(=O)NC2=O)c2ccc(CCCOCC=O)cc21. The fourth-order valence-electron chi connectivity index (χ4n) is 3.30. The van der Waals surface area contributed by atoms with Gasteiger partial charge in [0.1, 0.15) is 18.9 Å². The zero-order valence-corrected chi connectivity index (χ0v) is 18.6. The van der Waals surface area contributed by atoms with Crippen LogP contribution in [0.3, 0.4) is 0 Å². The summed E-state index contributed by atoms with van der Waals surface area (Å²) in [7, 11) is 1.67. The molecule has 1 atom stereocenters. The number of nitrogens with zero attached hydrogens (tertiary/aromatic N) is 2. The van der Waals surface area contributed by atoms with Crippen molar-refractivity contribution in [2.45, 2.75) is 59.4 Å². The van der Waals surface area contributed by atoms with E-state index in [1.165, 1.54) is 9.13 Å². The monoisotopic (exact) mass is 419 g/mol. The van der Waals surface area contributed by atoms with E-state index in [0.29, 0.717) is 18.5 Å². The van der Waals surface area contributed by atoms with Crippen molar-refractivity contribution in [1.29, 1.82) is 0 Å². The standard InChI is InChI=1S/C18H21N3O5.2C2H6/c1-20-15-11-12(3-2-9-26-10-8-22)4-5-13(15)21(18(20)25)14-6-7-16(23)19-17(14)24;2*1-2/h4-5,8,11,14H,2-3,6-7,9-10H2,1H3,(H,19,23,24);2*1-2H3. The van der Waals surface area contributed by atoms with Crippen molar-refractivity contribution < 1.29 is 19.1 Å². The summed E-state index contributed by atoms with van der Waals surface area (Å²) in [4.78, 5) is 46.4. The number of nitrogens with one attached hydrogen (secondary N) is 1. The molecule has 8 heteroatoms. The summed E-state index contributed by atoms with van der Waals surface area (Å²) in [5.41, 5.74) is 2.18. The number of imidazole rings is 1. The first-order valence-corrected chi connectivity index (χ1v) is 10.6. The Hall–Kier alpha value is -2.74. The molecule has 1 aromatic carbocycles. The molecule has 0 saturated carbocycles. The molecule has 3 rings (SSSR count). The molecule has 2 heterocycles. The number of ether oxygens (including phenoxy) is 1.